The van der Waals surface area contributed by atoms with Gasteiger partial charge in [0, 0.05) is 24.8 Å². The lowest BCUT2D eigenvalue weighted by Crippen LogP contribution is -2.30. The number of carbonyl (C=O) groups excluding carboxylic acids is 1. The molecule has 124 valence electrons. The number of hydrogen-bond donors (Lipinski definition) is 1. The van der Waals surface area contributed by atoms with Crippen LogP contribution in [0, 0.1) is 12.8 Å². The van der Waals surface area contributed by atoms with Crippen LogP contribution < -0.4 is 5.32 Å². The topological polar surface area (TPSA) is 63.1 Å². The lowest BCUT2D eigenvalue weighted by atomic mass is 10.1. The van der Waals surface area contributed by atoms with E-state index in [2.05, 4.69) is 41.2 Å². The van der Waals surface area contributed by atoms with Crippen molar-refractivity contribution in [2.75, 3.05) is 26.7 Å². The Kier molecular flexibility index (Phi) is 4.35. The molecule has 0 bridgehead atoms. The minimum Gasteiger partial charge on any atom is -0.352 e. The van der Waals surface area contributed by atoms with Crippen molar-refractivity contribution in [1.82, 2.24) is 25.0 Å². The van der Waals surface area contributed by atoms with Crippen LogP contribution in [0.25, 0.3) is 11.0 Å². The third kappa shape index (κ3) is 3.22. The minimum absolute atomic E-state index is 0.0293. The van der Waals surface area contributed by atoms with E-state index in [4.69, 9.17) is 0 Å². The molecule has 1 aliphatic heterocycles. The largest absolute Gasteiger partial charge is 0.352 e. The molecule has 1 saturated heterocycles. The average molecular weight is 315 g/mol. The van der Waals surface area contributed by atoms with Gasteiger partial charge >= 0.3 is 0 Å². The SMILES string of the molecule is Cc1cc(C(=O)NC[C@H]2CCN(C)C2)c2cnn(C(C)C)c2n1. The summed E-state index contributed by atoms with van der Waals surface area (Å²) in [4.78, 5) is 19.5. The molecule has 1 N–H and O–H groups in total. The van der Waals surface area contributed by atoms with Crippen LogP contribution in [0.3, 0.4) is 0 Å². The molecule has 2 aromatic heterocycles. The van der Waals surface area contributed by atoms with Gasteiger partial charge in [-0.2, -0.15) is 5.10 Å². The first-order valence-corrected chi connectivity index (χ1v) is 8.27. The zero-order chi connectivity index (χ0) is 16.6. The van der Waals surface area contributed by atoms with Crippen LogP contribution in [0.4, 0.5) is 0 Å². The maximum atomic E-state index is 12.6. The highest BCUT2D eigenvalue weighted by Gasteiger charge is 2.21. The van der Waals surface area contributed by atoms with Crippen molar-refractivity contribution in [3.63, 3.8) is 0 Å². The van der Waals surface area contributed by atoms with Gasteiger partial charge in [-0.15, -0.1) is 0 Å². The standard InChI is InChI=1S/C17H25N5O/c1-11(2)22-16-15(9-19-22)14(7-12(3)20-16)17(23)18-8-13-5-6-21(4)10-13/h7,9,11,13H,5-6,8,10H2,1-4H3,(H,18,23)/t13-/m1/s1. The van der Waals surface area contributed by atoms with Gasteiger partial charge in [0.15, 0.2) is 5.65 Å². The lowest BCUT2D eigenvalue weighted by Gasteiger charge is -2.13. The molecule has 0 aromatic carbocycles. The summed E-state index contributed by atoms with van der Waals surface area (Å²) in [7, 11) is 2.12. The molecule has 6 nitrogen and oxygen atoms in total. The fourth-order valence-corrected chi connectivity index (χ4v) is 3.23. The van der Waals surface area contributed by atoms with E-state index in [0.717, 1.165) is 42.8 Å². The summed E-state index contributed by atoms with van der Waals surface area (Å²) in [6.45, 7) is 8.93. The number of aromatic nitrogens is 3. The zero-order valence-electron chi connectivity index (χ0n) is 14.3. The van der Waals surface area contributed by atoms with Crippen LogP contribution in [0.5, 0.6) is 0 Å². The molecule has 23 heavy (non-hydrogen) atoms. The first-order valence-electron chi connectivity index (χ1n) is 8.27. The second-order valence-electron chi connectivity index (χ2n) is 6.86. The summed E-state index contributed by atoms with van der Waals surface area (Å²) in [6, 6.07) is 2.07. The van der Waals surface area contributed by atoms with Crippen LogP contribution in [-0.2, 0) is 0 Å². The van der Waals surface area contributed by atoms with Gasteiger partial charge in [-0.25, -0.2) is 9.67 Å². The van der Waals surface area contributed by atoms with Crippen molar-refractivity contribution in [2.45, 2.75) is 33.2 Å². The summed E-state index contributed by atoms with van der Waals surface area (Å²) in [5, 5.41) is 8.31. The number of aryl methyl sites for hydroxylation is 1. The van der Waals surface area contributed by atoms with E-state index in [-0.39, 0.29) is 11.9 Å². The molecule has 1 fully saturated rings. The smallest absolute Gasteiger partial charge is 0.252 e. The summed E-state index contributed by atoms with van der Waals surface area (Å²) in [6.07, 6.45) is 2.90. The summed E-state index contributed by atoms with van der Waals surface area (Å²) < 4.78 is 1.87. The van der Waals surface area contributed by atoms with E-state index in [1.165, 1.54) is 0 Å². The van der Waals surface area contributed by atoms with Gasteiger partial charge in [-0.1, -0.05) is 0 Å². The van der Waals surface area contributed by atoms with E-state index in [1.54, 1.807) is 6.20 Å². The minimum atomic E-state index is -0.0293. The Morgan fingerprint density at radius 2 is 2.26 bits per heavy atom. The van der Waals surface area contributed by atoms with Crippen LogP contribution >= 0.6 is 0 Å². The van der Waals surface area contributed by atoms with Crippen molar-refractivity contribution in [3.8, 4) is 0 Å². The van der Waals surface area contributed by atoms with Crippen molar-refractivity contribution in [3.05, 3.63) is 23.5 Å². The van der Waals surface area contributed by atoms with Crippen molar-refractivity contribution >= 4 is 16.9 Å². The predicted octanol–water partition coefficient (Wildman–Crippen LogP) is 2.00. The van der Waals surface area contributed by atoms with Crippen LogP contribution in [0.2, 0.25) is 0 Å². The number of likely N-dealkylation sites (tertiary alicyclic amines) is 1. The van der Waals surface area contributed by atoms with Crippen molar-refractivity contribution < 1.29 is 4.79 Å². The van der Waals surface area contributed by atoms with Crippen LogP contribution in [0.1, 0.15) is 42.4 Å². The molecule has 0 aliphatic carbocycles. The summed E-state index contributed by atoms with van der Waals surface area (Å²) in [5.74, 6) is 0.513. The lowest BCUT2D eigenvalue weighted by molar-refractivity contribution is 0.0949. The molecule has 0 radical (unpaired) electrons. The molecule has 3 heterocycles. The number of rotatable bonds is 4. The highest BCUT2D eigenvalue weighted by atomic mass is 16.1. The van der Waals surface area contributed by atoms with Gasteiger partial charge in [0.05, 0.1) is 17.1 Å². The fraction of sp³-hybridized carbons (Fsp3) is 0.588. The second-order valence-corrected chi connectivity index (χ2v) is 6.86. The molecule has 1 aliphatic rings. The van der Waals surface area contributed by atoms with Crippen LogP contribution in [-0.4, -0.2) is 52.3 Å². The molecule has 0 unspecified atom stereocenters. The number of fused-ring (bicyclic) bond motifs is 1. The second kappa shape index (κ2) is 6.28. The Bertz CT molecular complexity index is 721. The summed E-state index contributed by atoms with van der Waals surface area (Å²) in [5.41, 5.74) is 2.29. The quantitative estimate of drug-likeness (QED) is 0.937. The number of carbonyl (C=O) groups is 1. The van der Waals surface area contributed by atoms with E-state index in [9.17, 15) is 4.79 Å². The molecule has 2 aromatic rings. The van der Waals surface area contributed by atoms with E-state index >= 15 is 0 Å². The Hall–Kier alpha value is -1.95. The first-order chi connectivity index (χ1) is 11.0. The van der Waals surface area contributed by atoms with E-state index in [1.807, 2.05) is 17.7 Å². The molecule has 6 heteroatoms. The molecule has 3 rings (SSSR count). The van der Waals surface area contributed by atoms with E-state index in [0.29, 0.717) is 11.5 Å². The maximum Gasteiger partial charge on any atom is 0.252 e. The number of nitrogens with one attached hydrogen (secondary N) is 1. The molecular formula is C17H25N5O. The van der Waals surface area contributed by atoms with Crippen molar-refractivity contribution in [1.29, 1.82) is 0 Å². The number of pyridine rings is 1. The first kappa shape index (κ1) is 15.9. The number of nitrogens with zero attached hydrogens (tertiary/aromatic N) is 4. The Morgan fingerprint density at radius 3 is 2.91 bits per heavy atom. The molecule has 1 amide bonds. The van der Waals surface area contributed by atoms with E-state index < -0.39 is 0 Å². The average Bonchev–Trinajstić information content (AvgIpc) is 3.09. The Labute approximate surface area is 136 Å². The van der Waals surface area contributed by atoms with Crippen LogP contribution in [0.15, 0.2) is 12.3 Å². The summed E-state index contributed by atoms with van der Waals surface area (Å²) >= 11 is 0. The highest BCUT2D eigenvalue weighted by Crippen LogP contribution is 2.21. The molecular weight excluding hydrogens is 290 g/mol. The molecule has 0 saturated carbocycles. The van der Waals surface area contributed by atoms with Gasteiger partial charge in [-0.3, -0.25) is 4.79 Å². The zero-order valence-corrected chi connectivity index (χ0v) is 14.3. The third-order valence-electron chi connectivity index (χ3n) is 4.47. The van der Waals surface area contributed by atoms with Gasteiger partial charge < -0.3 is 10.2 Å². The maximum absolute atomic E-state index is 12.6. The Balaban J connectivity index is 1.82. The van der Waals surface area contributed by atoms with Gasteiger partial charge in [0.25, 0.3) is 5.91 Å². The Morgan fingerprint density at radius 1 is 1.48 bits per heavy atom. The van der Waals surface area contributed by atoms with Gasteiger partial charge in [-0.05, 0) is 52.8 Å². The molecule has 1 atom stereocenters. The third-order valence-corrected chi connectivity index (χ3v) is 4.47. The van der Waals surface area contributed by atoms with Gasteiger partial charge in [0.1, 0.15) is 0 Å². The highest BCUT2D eigenvalue weighted by molar-refractivity contribution is 6.05. The monoisotopic (exact) mass is 315 g/mol. The number of hydrogen-bond acceptors (Lipinski definition) is 4. The predicted molar refractivity (Wildman–Crippen MR) is 90.6 cm³/mol. The molecule has 0 spiro atoms. The number of amides is 1. The normalized spacial score (nSPS) is 18.9. The fourth-order valence-electron chi connectivity index (χ4n) is 3.23. The van der Waals surface area contributed by atoms with Gasteiger partial charge in [0.2, 0.25) is 0 Å². The van der Waals surface area contributed by atoms with Crippen molar-refractivity contribution in [2.24, 2.45) is 5.92 Å².